The Morgan fingerprint density at radius 3 is 3.24 bits per heavy atom. The highest BCUT2D eigenvalue weighted by atomic mass is 16.5. The fourth-order valence-corrected chi connectivity index (χ4v) is 1.84. The van der Waals surface area contributed by atoms with E-state index in [0.29, 0.717) is 31.3 Å². The Hall–Kier alpha value is -1.82. The monoisotopic (exact) mass is 237 g/mol. The molecule has 17 heavy (non-hydrogen) atoms. The highest BCUT2D eigenvalue weighted by molar-refractivity contribution is 5.81. The average molecular weight is 237 g/mol. The highest BCUT2D eigenvalue weighted by Crippen LogP contribution is 2.23. The van der Waals surface area contributed by atoms with Gasteiger partial charge in [-0.1, -0.05) is 0 Å². The van der Waals surface area contributed by atoms with E-state index < -0.39 is 6.04 Å². The molecule has 1 atom stereocenters. The minimum absolute atomic E-state index is 0.294. The van der Waals surface area contributed by atoms with Gasteiger partial charge in [0.15, 0.2) is 11.9 Å². The molecule has 92 valence electrons. The van der Waals surface area contributed by atoms with E-state index in [1.54, 1.807) is 18.3 Å². The van der Waals surface area contributed by atoms with E-state index in [-0.39, 0.29) is 5.97 Å². The summed E-state index contributed by atoms with van der Waals surface area (Å²) in [5.41, 5.74) is 6.40. The fraction of sp³-hybridized carbons (Fsp3) is 0.455. The van der Waals surface area contributed by atoms with Crippen LogP contribution in [0.3, 0.4) is 0 Å². The summed E-state index contributed by atoms with van der Waals surface area (Å²) < 4.78 is 10.0. The maximum absolute atomic E-state index is 11.6. The van der Waals surface area contributed by atoms with Gasteiger partial charge in [-0.2, -0.15) is 0 Å². The van der Waals surface area contributed by atoms with Gasteiger partial charge < -0.3 is 20.1 Å². The molecule has 1 aliphatic heterocycles. The van der Waals surface area contributed by atoms with Gasteiger partial charge in [-0.25, -0.2) is 9.78 Å². The molecule has 6 heteroatoms. The maximum Gasteiger partial charge on any atom is 0.330 e. The number of nitrogens with two attached hydrogens (primary N) is 1. The maximum atomic E-state index is 11.6. The van der Waals surface area contributed by atoms with Gasteiger partial charge in [-0.3, -0.25) is 0 Å². The Balaban J connectivity index is 2.28. The summed E-state index contributed by atoms with van der Waals surface area (Å²) in [6, 6.07) is 3.03. The summed E-state index contributed by atoms with van der Waals surface area (Å²) in [6.45, 7) is 1.41. The SMILES string of the molecule is COC(=O)C1COCCN1c1ncccc1N. The molecule has 0 spiro atoms. The fourth-order valence-electron chi connectivity index (χ4n) is 1.84. The first-order valence-corrected chi connectivity index (χ1v) is 5.36. The van der Waals surface area contributed by atoms with Crippen LogP contribution in [0.2, 0.25) is 0 Å². The molecule has 1 unspecified atom stereocenters. The number of nitrogen functional groups attached to an aromatic ring is 1. The van der Waals surface area contributed by atoms with Crippen molar-refractivity contribution in [3.05, 3.63) is 18.3 Å². The van der Waals surface area contributed by atoms with Crippen molar-refractivity contribution in [2.45, 2.75) is 6.04 Å². The van der Waals surface area contributed by atoms with Gasteiger partial charge in [0.1, 0.15) is 0 Å². The topological polar surface area (TPSA) is 77.7 Å². The Morgan fingerprint density at radius 1 is 1.71 bits per heavy atom. The molecule has 1 aromatic rings. The Bertz CT molecular complexity index is 411. The predicted molar refractivity (Wildman–Crippen MR) is 62.6 cm³/mol. The van der Waals surface area contributed by atoms with Gasteiger partial charge >= 0.3 is 5.97 Å². The van der Waals surface area contributed by atoms with E-state index in [9.17, 15) is 4.79 Å². The van der Waals surface area contributed by atoms with Crippen LogP contribution in [0.5, 0.6) is 0 Å². The van der Waals surface area contributed by atoms with E-state index in [1.165, 1.54) is 7.11 Å². The second-order valence-corrected chi connectivity index (χ2v) is 3.72. The van der Waals surface area contributed by atoms with E-state index in [2.05, 4.69) is 4.98 Å². The van der Waals surface area contributed by atoms with Crippen molar-refractivity contribution in [3.8, 4) is 0 Å². The van der Waals surface area contributed by atoms with Crippen molar-refractivity contribution < 1.29 is 14.3 Å². The van der Waals surface area contributed by atoms with Crippen molar-refractivity contribution in [3.63, 3.8) is 0 Å². The number of aromatic nitrogens is 1. The smallest absolute Gasteiger partial charge is 0.330 e. The standard InChI is InChI=1S/C11H15N3O3/c1-16-11(15)9-7-17-6-5-14(9)10-8(12)3-2-4-13-10/h2-4,9H,5-7,12H2,1H3. The highest BCUT2D eigenvalue weighted by Gasteiger charge is 2.32. The number of pyridine rings is 1. The minimum atomic E-state index is -0.481. The van der Waals surface area contributed by atoms with Crippen LogP contribution in [-0.4, -0.2) is 43.9 Å². The number of nitrogens with zero attached hydrogens (tertiary/aromatic N) is 2. The summed E-state index contributed by atoms with van der Waals surface area (Å²) >= 11 is 0. The molecule has 2 heterocycles. The first-order valence-electron chi connectivity index (χ1n) is 5.36. The van der Waals surface area contributed by atoms with Gasteiger partial charge in [-0.15, -0.1) is 0 Å². The molecular formula is C11H15N3O3. The largest absolute Gasteiger partial charge is 0.467 e. The molecule has 1 aliphatic rings. The lowest BCUT2D eigenvalue weighted by Crippen LogP contribution is -2.51. The van der Waals surface area contributed by atoms with E-state index in [0.717, 1.165) is 0 Å². The van der Waals surface area contributed by atoms with Crippen LogP contribution in [0.1, 0.15) is 0 Å². The molecule has 1 aromatic heterocycles. The first-order chi connectivity index (χ1) is 8.24. The molecule has 0 saturated carbocycles. The molecule has 1 saturated heterocycles. The van der Waals surface area contributed by atoms with Crippen LogP contribution in [-0.2, 0) is 14.3 Å². The van der Waals surface area contributed by atoms with Crippen LogP contribution in [0.4, 0.5) is 11.5 Å². The molecule has 2 rings (SSSR count). The predicted octanol–water partition coefficient (Wildman–Crippen LogP) is 0.0420. The number of esters is 1. The number of carbonyl (C=O) groups excluding carboxylic acids is 1. The number of anilines is 2. The Labute approximate surface area is 99.3 Å². The number of ether oxygens (including phenoxy) is 2. The molecule has 0 radical (unpaired) electrons. The third-order valence-corrected chi connectivity index (χ3v) is 2.69. The van der Waals surface area contributed by atoms with Crippen molar-refractivity contribution in [2.24, 2.45) is 0 Å². The van der Waals surface area contributed by atoms with Gasteiger partial charge in [0.25, 0.3) is 0 Å². The van der Waals surface area contributed by atoms with Gasteiger partial charge in [-0.05, 0) is 12.1 Å². The summed E-state index contributed by atoms with van der Waals surface area (Å²) in [5.74, 6) is 0.265. The number of hydrogen-bond acceptors (Lipinski definition) is 6. The van der Waals surface area contributed by atoms with Crippen molar-refractivity contribution >= 4 is 17.5 Å². The van der Waals surface area contributed by atoms with Gasteiger partial charge in [0, 0.05) is 12.7 Å². The zero-order valence-corrected chi connectivity index (χ0v) is 9.63. The van der Waals surface area contributed by atoms with Gasteiger partial charge in [0.05, 0.1) is 26.0 Å². The van der Waals surface area contributed by atoms with Crippen LogP contribution in [0, 0.1) is 0 Å². The number of morpholine rings is 1. The molecule has 0 bridgehead atoms. The number of carbonyl (C=O) groups is 1. The molecule has 0 aromatic carbocycles. The molecule has 6 nitrogen and oxygen atoms in total. The molecule has 0 amide bonds. The van der Waals surface area contributed by atoms with E-state index in [4.69, 9.17) is 15.2 Å². The van der Waals surface area contributed by atoms with Crippen molar-refractivity contribution in [1.29, 1.82) is 0 Å². The minimum Gasteiger partial charge on any atom is -0.467 e. The lowest BCUT2D eigenvalue weighted by Gasteiger charge is -2.34. The van der Waals surface area contributed by atoms with Crippen LogP contribution in [0.25, 0.3) is 0 Å². The third kappa shape index (κ3) is 2.31. The zero-order valence-electron chi connectivity index (χ0n) is 9.63. The Kier molecular flexibility index (Phi) is 3.43. The Morgan fingerprint density at radius 2 is 2.53 bits per heavy atom. The van der Waals surface area contributed by atoms with Crippen LogP contribution >= 0.6 is 0 Å². The second-order valence-electron chi connectivity index (χ2n) is 3.72. The number of methoxy groups -OCH3 is 1. The van der Waals surface area contributed by atoms with Gasteiger partial charge in [0.2, 0.25) is 0 Å². The summed E-state index contributed by atoms with van der Waals surface area (Å²) in [4.78, 5) is 17.7. The van der Waals surface area contributed by atoms with Crippen molar-refractivity contribution in [2.75, 3.05) is 37.5 Å². The second kappa shape index (κ2) is 5.01. The van der Waals surface area contributed by atoms with Crippen LogP contribution in [0.15, 0.2) is 18.3 Å². The lowest BCUT2D eigenvalue weighted by molar-refractivity contribution is -0.144. The normalized spacial score (nSPS) is 20.1. The lowest BCUT2D eigenvalue weighted by atomic mass is 10.2. The first kappa shape index (κ1) is 11.7. The molecule has 0 aliphatic carbocycles. The summed E-state index contributed by atoms with van der Waals surface area (Å²) in [5, 5.41) is 0. The summed E-state index contributed by atoms with van der Waals surface area (Å²) in [7, 11) is 1.36. The quantitative estimate of drug-likeness (QED) is 0.732. The third-order valence-electron chi connectivity index (χ3n) is 2.69. The number of rotatable bonds is 2. The molecular weight excluding hydrogens is 222 g/mol. The van der Waals surface area contributed by atoms with E-state index >= 15 is 0 Å². The van der Waals surface area contributed by atoms with Crippen molar-refractivity contribution in [1.82, 2.24) is 4.98 Å². The van der Waals surface area contributed by atoms with E-state index in [1.807, 2.05) is 4.90 Å². The average Bonchev–Trinajstić information content (AvgIpc) is 2.38. The molecule has 2 N–H and O–H groups in total. The number of hydrogen-bond donors (Lipinski definition) is 1. The summed E-state index contributed by atoms with van der Waals surface area (Å²) in [6.07, 6.45) is 1.65. The van der Waals surface area contributed by atoms with Crippen LogP contribution < -0.4 is 10.6 Å². The zero-order chi connectivity index (χ0) is 12.3. The molecule has 1 fully saturated rings.